The number of amides is 4. The van der Waals surface area contributed by atoms with E-state index in [-0.39, 0.29) is 41.8 Å². The number of benzene rings is 1. The molecule has 0 aromatic heterocycles. The van der Waals surface area contributed by atoms with Gasteiger partial charge in [-0.25, -0.2) is 4.79 Å². The summed E-state index contributed by atoms with van der Waals surface area (Å²) in [6, 6.07) is 4.09. The highest BCUT2D eigenvalue weighted by atomic mass is 16.5. The molecule has 0 spiro atoms. The van der Waals surface area contributed by atoms with Gasteiger partial charge in [0.2, 0.25) is 5.91 Å². The van der Waals surface area contributed by atoms with Crippen LogP contribution in [0.3, 0.4) is 0 Å². The van der Waals surface area contributed by atoms with Crippen LogP contribution in [-0.2, 0) is 19.1 Å². The second-order valence-corrected chi connectivity index (χ2v) is 9.24. The quantitative estimate of drug-likeness (QED) is 0.477. The van der Waals surface area contributed by atoms with E-state index in [0.717, 1.165) is 22.6 Å². The van der Waals surface area contributed by atoms with E-state index in [2.05, 4.69) is 5.32 Å². The van der Waals surface area contributed by atoms with Crippen molar-refractivity contribution in [1.29, 1.82) is 0 Å². The SMILES string of the molecule is CN(CC(=O)NC(C)(C)C)C(=O)COC(=O)c1ccc2c(c1)C(=O)N(CC1CCCO1)C2=O. The highest BCUT2D eigenvalue weighted by Gasteiger charge is 2.38. The van der Waals surface area contributed by atoms with E-state index in [9.17, 15) is 24.0 Å². The summed E-state index contributed by atoms with van der Waals surface area (Å²) in [6.07, 6.45) is 1.50. The lowest BCUT2D eigenvalue weighted by atomic mass is 10.1. The van der Waals surface area contributed by atoms with Gasteiger partial charge >= 0.3 is 5.97 Å². The minimum absolute atomic E-state index is 0.0507. The van der Waals surface area contributed by atoms with Crippen LogP contribution in [0.25, 0.3) is 0 Å². The Bertz CT molecular complexity index is 977. The number of carbonyl (C=O) groups is 5. The lowest BCUT2D eigenvalue weighted by molar-refractivity contribution is -0.137. The van der Waals surface area contributed by atoms with E-state index in [1.54, 1.807) is 0 Å². The van der Waals surface area contributed by atoms with Crippen LogP contribution in [-0.4, -0.2) is 84.4 Å². The molecule has 1 unspecified atom stereocenters. The summed E-state index contributed by atoms with van der Waals surface area (Å²) >= 11 is 0. The third-order valence-electron chi connectivity index (χ3n) is 5.26. The van der Waals surface area contributed by atoms with Crippen LogP contribution in [0, 0.1) is 0 Å². The van der Waals surface area contributed by atoms with E-state index >= 15 is 0 Å². The van der Waals surface area contributed by atoms with Crippen molar-refractivity contribution in [3.05, 3.63) is 34.9 Å². The van der Waals surface area contributed by atoms with Crippen molar-refractivity contribution in [3.8, 4) is 0 Å². The summed E-state index contributed by atoms with van der Waals surface area (Å²) in [4.78, 5) is 64.2. The number of likely N-dealkylation sites (N-methyl/N-ethyl adjacent to an activating group) is 1. The number of ether oxygens (including phenoxy) is 2. The predicted molar refractivity (Wildman–Crippen MR) is 117 cm³/mol. The Morgan fingerprint density at radius 2 is 1.88 bits per heavy atom. The molecule has 178 valence electrons. The number of nitrogens with zero attached hydrogens (tertiary/aromatic N) is 2. The van der Waals surface area contributed by atoms with Gasteiger partial charge in [0.25, 0.3) is 17.7 Å². The average Bonchev–Trinajstić information content (AvgIpc) is 3.33. The molecule has 1 N–H and O–H groups in total. The molecule has 1 saturated heterocycles. The molecule has 0 bridgehead atoms. The van der Waals surface area contributed by atoms with Crippen LogP contribution in [0.5, 0.6) is 0 Å². The molecule has 0 aliphatic carbocycles. The van der Waals surface area contributed by atoms with Crippen LogP contribution in [0.15, 0.2) is 18.2 Å². The lowest BCUT2D eigenvalue weighted by Crippen LogP contribution is -2.46. The number of nitrogens with one attached hydrogen (secondary N) is 1. The zero-order valence-corrected chi connectivity index (χ0v) is 19.3. The molecule has 10 nitrogen and oxygen atoms in total. The van der Waals surface area contributed by atoms with E-state index in [1.807, 2.05) is 20.8 Å². The second kappa shape index (κ2) is 9.70. The fourth-order valence-corrected chi connectivity index (χ4v) is 3.66. The van der Waals surface area contributed by atoms with Crippen molar-refractivity contribution in [1.82, 2.24) is 15.1 Å². The minimum Gasteiger partial charge on any atom is -0.452 e. The van der Waals surface area contributed by atoms with E-state index in [0.29, 0.717) is 6.61 Å². The molecule has 0 radical (unpaired) electrons. The number of rotatable bonds is 7. The number of hydrogen-bond acceptors (Lipinski definition) is 7. The minimum atomic E-state index is -0.809. The normalized spacial score (nSPS) is 17.7. The number of esters is 1. The molecule has 2 aliphatic heterocycles. The van der Waals surface area contributed by atoms with Crippen molar-refractivity contribution < 1.29 is 33.4 Å². The molecule has 0 saturated carbocycles. The zero-order chi connectivity index (χ0) is 24.3. The first-order chi connectivity index (χ1) is 15.5. The third kappa shape index (κ3) is 5.95. The lowest BCUT2D eigenvalue weighted by Gasteiger charge is -2.23. The number of imide groups is 1. The Labute approximate surface area is 192 Å². The van der Waals surface area contributed by atoms with Gasteiger partial charge in [0, 0.05) is 19.2 Å². The van der Waals surface area contributed by atoms with Gasteiger partial charge in [-0.05, 0) is 51.8 Å². The Kier molecular flexibility index (Phi) is 7.16. The fourth-order valence-electron chi connectivity index (χ4n) is 3.66. The maximum absolute atomic E-state index is 12.7. The molecular weight excluding hydrogens is 430 g/mol. The summed E-state index contributed by atoms with van der Waals surface area (Å²) in [5.41, 5.74) is -0.0424. The van der Waals surface area contributed by atoms with Crippen molar-refractivity contribution in [2.45, 2.75) is 45.3 Å². The van der Waals surface area contributed by atoms with Gasteiger partial charge in [-0.2, -0.15) is 0 Å². The van der Waals surface area contributed by atoms with Crippen molar-refractivity contribution in [2.24, 2.45) is 0 Å². The van der Waals surface area contributed by atoms with Gasteiger partial charge in [0.1, 0.15) is 0 Å². The van der Waals surface area contributed by atoms with Crippen molar-refractivity contribution in [3.63, 3.8) is 0 Å². The predicted octanol–water partition coefficient (Wildman–Crippen LogP) is 0.992. The van der Waals surface area contributed by atoms with Gasteiger partial charge in [-0.15, -0.1) is 0 Å². The van der Waals surface area contributed by atoms with E-state index in [4.69, 9.17) is 9.47 Å². The summed E-state index contributed by atoms with van der Waals surface area (Å²) < 4.78 is 10.6. The number of hydrogen-bond donors (Lipinski definition) is 1. The van der Waals surface area contributed by atoms with Crippen LogP contribution in [0.2, 0.25) is 0 Å². The first-order valence-corrected chi connectivity index (χ1v) is 10.8. The van der Waals surface area contributed by atoms with Crippen LogP contribution < -0.4 is 5.32 Å². The molecule has 1 aromatic rings. The summed E-state index contributed by atoms with van der Waals surface area (Å²) in [5.74, 6) is -2.60. The van der Waals surface area contributed by atoms with Gasteiger partial charge < -0.3 is 19.7 Å². The summed E-state index contributed by atoms with van der Waals surface area (Å²) in [7, 11) is 1.43. The fraction of sp³-hybridized carbons (Fsp3) is 0.522. The van der Waals surface area contributed by atoms with Crippen LogP contribution >= 0.6 is 0 Å². The maximum Gasteiger partial charge on any atom is 0.338 e. The summed E-state index contributed by atoms with van der Waals surface area (Å²) in [6.45, 7) is 5.52. The van der Waals surface area contributed by atoms with Gasteiger partial charge in [0.05, 0.1) is 35.9 Å². The number of fused-ring (bicyclic) bond motifs is 1. The standard InChI is InChI=1S/C23H29N3O7/c1-23(2,3)24-18(27)12-25(4)19(28)13-33-22(31)14-7-8-16-17(10-14)21(30)26(20(16)29)11-15-6-5-9-32-15/h7-8,10,15H,5-6,9,11-13H2,1-4H3,(H,24,27). The Morgan fingerprint density at radius 3 is 2.52 bits per heavy atom. The molecule has 2 heterocycles. The largest absolute Gasteiger partial charge is 0.452 e. The average molecular weight is 459 g/mol. The van der Waals surface area contributed by atoms with Crippen molar-refractivity contribution in [2.75, 3.05) is 33.4 Å². The first kappa shape index (κ1) is 24.4. The topological polar surface area (TPSA) is 122 Å². The van der Waals surface area contributed by atoms with Crippen molar-refractivity contribution >= 4 is 29.6 Å². The second-order valence-electron chi connectivity index (χ2n) is 9.24. The highest BCUT2D eigenvalue weighted by molar-refractivity contribution is 6.22. The molecule has 4 amide bonds. The molecule has 2 aliphatic rings. The molecule has 1 atom stereocenters. The van der Waals surface area contributed by atoms with Crippen LogP contribution in [0.1, 0.15) is 64.7 Å². The monoisotopic (exact) mass is 459 g/mol. The zero-order valence-electron chi connectivity index (χ0n) is 19.3. The summed E-state index contributed by atoms with van der Waals surface area (Å²) in [5, 5.41) is 2.74. The van der Waals surface area contributed by atoms with E-state index in [1.165, 1.54) is 25.2 Å². The molecule has 1 fully saturated rings. The molecule has 1 aromatic carbocycles. The Balaban J connectivity index is 1.57. The molecular formula is C23H29N3O7. The first-order valence-electron chi connectivity index (χ1n) is 10.8. The highest BCUT2D eigenvalue weighted by Crippen LogP contribution is 2.26. The molecule has 10 heteroatoms. The van der Waals surface area contributed by atoms with Gasteiger partial charge in [-0.1, -0.05) is 0 Å². The Morgan fingerprint density at radius 1 is 1.18 bits per heavy atom. The smallest absolute Gasteiger partial charge is 0.338 e. The Hall–Kier alpha value is -3.27. The molecule has 33 heavy (non-hydrogen) atoms. The van der Waals surface area contributed by atoms with Crippen LogP contribution in [0.4, 0.5) is 0 Å². The maximum atomic E-state index is 12.7. The third-order valence-corrected chi connectivity index (χ3v) is 5.26. The van der Waals surface area contributed by atoms with E-state index < -0.39 is 35.8 Å². The van der Waals surface area contributed by atoms with Gasteiger partial charge in [-0.3, -0.25) is 24.1 Å². The molecule has 3 rings (SSSR count). The van der Waals surface area contributed by atoms with Gasteiger partial charge in [0.15, 0.2) is 6.61 Å². The number of carbonyl (C=O) groups excluding carboxylic acids is 5.